The Bertz CT molecular complexity index is 199. The summed E-state index contributed by atoms with van der Waals surface area (Å²) in [7, 11) is -1.76. The molecule has 12 heavy (non-hydrogen) atoms. The summed E-state index contributed by atoms with van der Waals surface area (Å²) in [5.41, 5.74) is 0.538. The average molecular weight is 207 g/mol. The molecule has 0 aliphatic heterocycles. The van der Waals surface area contributed by atoms with Crippen LogP contribution in [0.15, 0.2) is 11.8 Å². The number of hydrogen-bond acceptors (Lipinski definition) is 2. The van der Waals surface area contributed by atoms with Crippen molar-refractivity contribution in [3.05, 3.63) is 11.8 Å². The van der Waals surface area contributed by atoms with Crippen LogP contribution in [0.5, 0.6) is 0 Å². The van der Waals surface area contributed by atoms with Crippen LogP contribution in [-0.4, -0.2) is 19.6 Å². The number of ketones is 1. The van der Waals surface area contributed by atoms with Crippen molar-refractivity contribution in [2.45, 2.75) is 26.9 Å². The van der Waals surface area contributed by atoms with Gasteiger partial charge in [0.05, 0.1) is 11.3 Å². The van der Waals surface area contributed by atoms with Crippen LogP contribution < -0.4 is 0 Å². The molecule has 0 aromatic carbocycles. The van der Waals surface area contributed by atoms with Gasteiger partial charge in [-0.3, -0.25) is 4.79 Å². The van der Waals surface area contributed by atoms with Gasteiger partial charge < -0.3 is 4.43 Å². The second-order valence-electron chi connectivity index (χ2n) is 3.36. The van der Waals surface area contributed by atoms with Gasteiger partial charge in [0, 0.05) is 6.08 Å². The smallest absolute Gasteiger partial charge is 0.259 e. The van der Waals surface area contributed by atoms with Crippen LogP contribution in [0, 0.1) is 0 Å². The van der Waals surface area contributed by atoms with E-state index in [4.69, 9.17) is 16.0 Å². The van der Waals surface area contributed by atoms with Gasteiger partial charge in [-0.15, -0.1) is 11.6 Å². The van der Waals surface area contributed by atoms with E-state index in [1.807, 2.05) is 13.1 Å². The van der Waals surface area contributed by atoms with E-state index in [0.717, 1.165) is 0 Å². The SMILES string of the molecule is CC(=O)C=C(C)O[Si](C)(C)CCl. The number of hydrogen-bond donors (Lipinski definition) is 0. The molecule has 70 valence electrons. The molecule has 0 aliphatic rings. The summed E-state index contributed by atoms with van der Waals surface area (Å²) < 4.78 is 5.54. The van der Waals surface area contributed by atoms with Crippen molar-refractivity contribution in [3.63, 3.8) is 0 Å². The number of allylic oxidation sites excluding steroid dienone is 2. The Morgan fingerprint density at radius 1 is 1.50 bits per heavy atom. The standard InChI is InChI=1S/C8H15ClO2Si/c1-7(10)5-8(2)11-12(3,4)6-9/h5H,6H2,1-4H3. The van der Waals surface area contributed by atoms with Crippen molar-refractivity contribution < 1.29 is 9.22 Å². The molecule has 0 aromatic heterocycles. The predicted molar refractivity (Wildman–Crippen MR) is 53.7 cm³/mol. The fourth-order valence-corrected chi connectivity index (χ4v) is 1.93. The van der Waals surface area contributed by atoms with Crippen molar-refractivity contribution in [2.75, 3.05) is 5.50 Å². The summed E-state index contributed by atoms with van der Waals surface area (Å²) in [6, 6.07) is 0. The van der Waals surface area contributed by atoms with Crippen LogP contribution in [0.3, 0.4) is 0 Å². The fraction of sp³-hybridized carbons (Fsp3) is 0.625. The van der Waals surface area contributed by atoms with Gasteiger partial charge in [0.2, 0.25) is 0 Å². The van der Waals surface area contributed by atoms with Crippen LogP contribution >= 0.6 is 11.6 Å². The van der Waals surface area contributed by atoms with E-state index in [9.17, 15) is 4.79 Å². The van der Waals surface area contributed by atoms with Crippen molar-refractivity contribution in [3.8, 4) is 0 Å². The molecular formula is C8H15ClO2Si. The predicted octanol–water partition coefficient (Wildman–Crippen LogP) is 2.48. The number of carbonyl (C=O) groups excluding carboxylic acids is 1. The Kier molecular flexibility index (Phi) is 4.56. The molecule has 0 N–H and O–H groups in total. The highest BCUT2D eigenvalue weighted by atomic mass is 35.5. The third kappa shape index (κ3) is 5.38. The molecule has 0 radical (unpaired) electrons. The van der Waals surface area contributed by atoms with Crippen LogP contribution in [0.2, 0.25) is 13.1 Å². The average Bonchev–Trinajstić information content (AvgIpc) is 1.84. The van der Waals surface area contributed by atoms with Crippen molar-refractivity contribution in [1.29, 1.82) is 0 Å². The molecule has 0 atom stereocenters. The maximum atomic E-state index is 10.7. The maximum Gasteiger partial charge on any atom is 0.259 e. The Hall–Kier alpha value is -0.283. The molecule has 0 saturated heterocycles. The minimum atomic E-state index is -1.76. The van der Waals surface area contributed by atoms with Crippen molar-refractivity contribution in [1.82, 2.24) is 0 Å². The van der Waals surface area contributed by atoms with Gasteiger partial charge in [0.1, 0.15) is 0 Å². The Balaban J connectivity index is 4.17. The monoisotopic (exact) mass is 206 g/mol. The van der Waals surface area contributed by atoms with Crippen LogP contribution in [0.4, 0.5) is 0 Å². The van der Waals surface area contributed by atoms with Crippen molar-refractivity contribution >= 4 is 25.7 Å². The second-order valence-corrected chi connectivity index (χ2v) is 8.15. The first-order valence-corrected chi connectivity index (χ1v) is 7.46. The summed E-state index contributed by atoms with van der Waals surface area (Å²) in [6.07, 6.45) is 1.49. The molecule has 0 saturated carbocycles. The first-order chi connectivity index (χ1) is 5.37. The number of rotatable bonds is 4. The Morgan fingerprint density at radius 3 is 2.33 bits per heavy atom. The lowest BCUT2D eigenvalue weighted by molar-refractivity contribution is -0.112. The summed E-state index contributed by atoms with van der Waals surface area (Å²) >= 11 is 5.70. The van der Waals surface area contributed by atoms with E-state index in [1.54, 1.807) is 6.92 Å². The summed E-state index contributed by atoms with van der Waals surface area (Å²) in [5, 5.41) is 0. The zero-order valence-electron chi connectivity index (χ0n) is 7.98. The zero-order valence-corrected chi connectivity index (χ0v) is 9.73. The van der Waals surface area contributed by atoms with E-state index in [1.165, 1.54) is 13.0 Å². The summed E-state index contributed by atoms with van der Waals surface area (Å²) in [4.78, 5) is 10.7. The summed E-state index contributed by atoms with van der Waals surface area (Å²) in [5.74, 6) is 0.673. The molecule has 0 aliphatic carbocycles. The Morgan fingerprint density at radius 2 is 2.00 bits per heavy atom. The molecule has 0 heterocycles. The zero-order chi connectivity index (χ0) is 9.78. The molecule has 0 bridgehead atoms. The van der Waals surface area contributed by atoms with Crippen LogP contribution in [0.1, 0.15) is 13.8 Å². The van der Waals surface area contributed by atoms with Gasteiger partial charge in [-0.05, 0) is 26.9 Å². The van der Waals surface area contributed by atoms with Gasteiger partial charge in [-0.1, -0.05) is 0 Å². The highest BCUT2D eigenvalue weighted by molar-refractivity contribution is 6.77. The molecule has 0 fully saturated rings. The van der Waals surface area contributed by atoms with Gasteiger partial charge in [-0.25, -0.2) is 0 Å². The van der Waals surface area contributed by atoms with Gasteiger partial charge in [-0.2, -0.15) is 0 Å². The molecule has 0 amide bonds. The van der Waals surface area contributed by atoms with E-state index in [2.05, 4.69) is 0 Å². The molecule has 0 rings (SSSR count). The van der Waals surface area contributed by atoms with Gasteiger partial charge >= 0.3 is 0 Å². The molecule has 2 nitrogen and oxygen atoms in total. The molecule has 0 unspecified atom stereocenters. The number of halogens is 1. The van der Waals surface area contributed by atoms with E-state index >= 15 is 0 Å². The fourth-order valence-electron chi connectivity index (χ4n) is 0.779. The maximum absolute atomic E-state index is 10.7. The van der Waals surface area contributed by atoms with E-state index < -0.39 is 8.32 Å². The molecule has 0 spiro atoms. The lowest BCUT2D eigenvalue weighted by Crippen LogP contribution is -2.32. The second kappa shape index (κ2) is 4.67. The largest absolute Gasteiger partial charge is 0.546 e. The van der Waals surface area contributed by atoms with Gasteiger partial charge in [0.25, 0.3) is 8.32 Å². The number of alkyl halides is 1. The van der Waals surface area contributed by atoms with E-state index in [-0.39, 0.29) is 5.78 Å². The first-order valence-electron chi connectivity index (χ1n) is 3.81. The van der Waals surface area contributed by atoms with Crippen molar-refractivity contribution in [2.24, 2.45) is 0 Å². The summed E-state index contributed by atoms with van der Waals surface area (Å²) in [6.45, 7) is 7.31. The van der Waals surface area contributed by atoms with E-state index in [0.29, 0.717) is 11.3 Å². The third-order valence-corrected chi connectivity index (χ3v) is 4.61. The normalized spacial score (nSPS) is 12.9. The minimum absolute atomic E-state index is 0.00636. The topological polar surface area (TPSA) is 26.3 Å². The third-order valence-electron chi connectivity index (χ3n) is 1.17. The highest BCUT2D eigenvalue weighted by Gasteiger charge is 2.22. The Labute approximate surface area is 79.7 Å². The van der Waals surface area contributed by atoms with Gasteiger partial charge in [0.15, 0.2) is 5.78 Å². The first kappa shape index (κ1) is 11.7. The molecular weight excluding hydrogens is 192 g/mol. The van der Waals surface area contributed by atoms with Crippen LogP contribution in [0.25, 0.3) is 0 Å². The minimum Gasteiger partial charge on any atom is -0.546 e. The lowest BCUT2D eigenvalue weighted by Gasteiger charge is -2.21. The quantitative estimate of drug-likeness (QED) is 0.306. The van der Waals surface area contributed by atoms with Crippen LogP contribution in [-0.2, 0) is 9.22 Å². The number of carbonyl (C=O) groups is 1. The highest BCUT2D eigenvalue weighted by Crippen LogP contribution is 2.11. The molecule has 4 heteroatoms. The molecule has 0 aromatic rings. The lowest BCUT2D eigenvalue weighted by atomic mass is 10.4.